The number of carbonyl (C=O) groups is 3. The molecule has 0 aromatic heterocycles. The van der Waals surface area contributed by atoms with Crippen molar-refractivity contribution < 1.29 is 43.2 Å². The number of ether oxygens (including phenoxy) is 5. The number of allylic oxidation sites excluding steroid dienone is 4. The summed E-state index contributed by atoms with van der Waals surface area (Å²) >= 11 is 0. The smallest absolute Gasteiger partial charge is 0.249 e. The summed E-state index contributed by atoms with van der Waals surface area (Å²) in [5, 5.41) is 12.3. The van der Waals surface area contributed by atoms with Gasteiger partial charge in [0.1, 0.15) is 28.4 Å². The van der Waals surface area contributed by atoms with Crippen LogP contribution in [0.1, 0.15) is 103 Å². The van der Waals surface area contributed by atoms with E-state index >= 15 is 9.59 Å². The number of benzene rings is 1. The van der Waals surface area contributed by atoms with Crippen LogP contribution in [0.25, 0.3) is 6.08 Å². The molecule has 0 radical (unpaired) electrons. The summed E-state index contributed by atoms with van der Waals surface area (Å²) in [6.07, 6.45) is 12.4. The Balaban J connectivity index is 1.33. The quantitative estimate of drug-likeness (QED) is 0.222. The van der Waals surface area contributed by atoms with Crippen LogP contribution >= 0.6 is 0 Å². The highest BCUT2D eigenvalue weighted by molar-refractivity contribution is 6.10. The number of rotatable bonds is 9. The zero-order valence-corrected chi connectivity index (χ0v) is 35.0. The molecule has 7 unspecified atom stereocenters. The fourth-order valence-electron chi connectivity index (χ4n) is 11.1. The van der Waals surface area contributed by atoms with Crippen molar-refractivity contribution in [2.75, 3.05) is 52.6 Å². The van der Waals surface area contributed by atoms with Gasteiger partial charge in [-0.05, 0) is 93.2 Å². The van der Waals surface area contributed by atoms with Gasteiger partial charge < -0.3 is 33.7 Å². The van der Waals surface area contributed by atoms with E-state index in [-0.39, 0.29) is 46.9 Å². The van der Waals surface area contributed by atoms with E-state index < -0.39 is 40.3 Å². The number of fused-ring (bicyclic) bond motifs is 2. The van der Waals surface area contributed by atoms with Crippen LogP contribution in [0.5, 0.6) is 17.2 Å². The lowest BCUT2D eigenvalue weighted by Gasteiger charge is -2.64. The first-order chi connectivity index (χ1) is 27.0. The number of amides is 1. The molecule has 3 saturated carbocycles. The standard InChI is InChI=1S/C46H60N2O9/c1-27(2)10-9-15-44(8)16-14-30-37(49)34-38(50)35-36(47-18-22-53-23-19-47)32-26-33-43(6,7)57-45(41(32)51,17-13-29(5)42(52)48-20-24-54-25-21-48)46(33,35)56-40(34)31(39(30)55-44)12-11-28(3)4/h10-11,13-14,16,32-33,35-36,49H,9,12,15,17-26H2,1-8H3. The molecule has 11 nitrogen and oxygen atoms in total. The minimum atomic E-state index is -1.57. The number of hydrogen-bond donors (Lipinski definition) is 1. The van der Waals surface area contributed by atoms with E-state index in [9.17, 15) is 9.90 Å². The Hall–Kier alpha value is -3.77. The van der Waals surface area contributed by atoms with E-state index in [1.54, 1.807) is 11.8 Å². The highest BCUT2D eigenvalue weighted by Gasteiger charge is 2.86. The number of hydrogen-bond acceptors (Lipinski definition) is 10. The lowest BCUT2D eigenvalue weighted by Crippen LogP contribution is -2.82. The molecule has 5 aliphatic heterocycles. The van der Waals surface area contributed by atoms with Gasteiger partial charge in [-0.15, -0.1) is 0 Å². The van der Waals surface area contributed by atoms with Crippen LogP contribution in [0, 0.1) is 17.8 Å². The summed E-state index contributed by atoms with van der Waals surface area (Å²) < 4.78 is 32.9. The van der Waals surface area contributed by atoms with E-state index in [1.807, 2.05) is 52.8 Å². The predicted molar refractivity (Wildman–Crippen MR) is 216 cm³/mol. The number of Topliss-reactive ketones (excluding diaryl/α,β-unsaturated/α-hetero) is 2. The number of ketones is 2. The Morgan fingerprint density at radius 3 is 2.23 bits per heavy atom. The van der Waals surface area contributed by atoms with Crippen LogP contribution in [0.15, 0.2) is 41.0 Å². The minimum Gasteiger partial charge on any atom is -0.506 e. The van der Waals surface area contributed by atoms with Gasteiger partial charge in [-0.1, -0.05) is 29.4 Å². The Kier molecular flexibility index (Phi) is 10.2. The molecule has 1 aromatic rings. The van der Waals surface area contributed by atoms with E-state index in [0.29, 0.717) is 94.3 Å². The van der Waals surface area contributed by atoms with Crippen molar-refractivity contribution in [1.29, 1.82) is 0 Å². The maximum Gasteiger partial charge on any atom is 0.249 e. The first kappa shape index (κ1) is 40.0. The fourth-order valence-corrected chi connectivity index (χ4v) is 11.1. The van der Waals surface area contributed by atoms with E-state index in [1.165, 1.54) is 5.57 Å². The third kappa shape index (κ3) is 6.25. The number of phenols is 1. The van der Waals surface area contributed by atoms with E-state index in [4.69, 9.17) is 23.7 Å². The maximum absolute atomic E-state index is 15.8. The molecule has 8 aliphatic rings. The molecule has 1 spiro atoms. The van der Waals surface area contributed by atoms with Crippen molar-refractivity contribution in [2.24, 2.45) is 17.8 Å². The summed E-state index contributed by atoms with van der Waals surface area (Å²) in [5.74, 6) is -1.55. The van der Waals surface area contributed by atoms with Gasteiger partial charge in [0.25, 0.3) is 0 Å². The number of aromatic hydroxyl groups is 1. The molecule has 1 N–H and O–H groups in total. The van der Waals surface area contributed by atoms with Crippen LogP contribution in [-0.4, -0.2) is 113 Å². The fraction of sp³-hybridized carbons (Fsp3) is 0.630. The summed E-state index contributed by atoms with van der Waals surface area (Å²) in [4.78, 5) is 49.0. The molecule has 1 aromatic carbocycles. The molecule has 5 heterocycles. The monoisotopic (exact) mass is 784 g/mol. The molecule has 3 saturated heterocycles. The summed E-state index contributed by atoms with van der Waals surface area (Å²) in [6, 6.07) is -0.481. The Bertz CT molecular complexity index is 1980. The maximum atomic E-state index is 15.8. The molecule has 11 heteroatoms. The Labute approximate surface area is 337 Å². The lowest BCUT2D eigenvalue weighted by atomic mass is 9.44. The van der Waals surface area contributed by atoms with Crippen molar-refractivity contribution in [1.82, 2.24) is 9.80 Å². The van der Waals surface area contributed by atoms with Crippen LogP contribution < -0.4 is 9.47 Å². The van der Waals surface area contributed by atoms with Crippen molar-refractivity contribution in [3.8, 4) is 17.2 Å². The molecule has 3 aliphatic carbocycles. The molecule has 4 bridgehead atoms. The number of carbonyl (C=O) groups excluding carboxylic acids is 3. The first-order valence-electron chi connectivity index (χ1n) is 21.0. The zero-order valence-electron chi connectivity index (χ0n) is 35.0. The largest absolute Gasteiger partial charge is 0.506 e. The second-order valence-corrected chi connectivity index (χ2v) is 18.5. The minimum absolute atomic E-state index is 0.0705. The van der Waals surface area contributed by atoms with Gasteiger partial charge >= 0.3 is 0 Å². The number of phenolic OH excluding ortho intramolecular Hbond substituents is 1. The normalized spacial score (nSPS) is 33.8. The van der Waals surface area contributed by atoms with Gasteiger partial charge in [0, 0.05) is 61.6 Å². The Morgan fingerprint density at radius 1 is 0.895 bits per heavy atom. The second kappa shape index (κ2) is 14.5. The third-order valence-corrected chi connectivity index (χ3v) is 13.8. The molecule has 7 atom stereocenters. The van der Waals surface area contributed by atoms with Gasteiger partial charge in [-0.3, -0.25) is 19.3 Å². The number of nitrogens with zero attached hydrogens (tertiary/aromatic N) is 2. The van der Waals surface area contributed by atoms with E-state index in [2.05, 4.69) is 30.9 Å². The molecule has 57 heavy (non-hydrogen) atoms. The molecule has 9 rings (SSSR count). The van der Waals surface area contributed by atoms with Crippen LogP contribution in [0.4, 0.5) is 0 Å². The average molecular weight is 785 g/mol. The van der Waals surface area contributed by atoms with Crippen molar-refractivity contribution >= 4 is 23.5 Å². The molecular formula is C46H60N2O9. The van der Waals surface area contributed by atoms with E-state index in [0.717, 1.165) is 12.0 Å². The molecule has 6 fully saturated rings. The van der Waals surface area contributed by atoms with Crippen LogP contribution in [0.2, 0.25) is 0 Å². The third-order valence-electron chi connectivity index (χ3n) is 13.8. The van der Waals surface area contributed by atoms with Crippen molar-refractivity contribution in [3.63, 3.8) is 0 Å². The van der Waals surface area contributed by atoms with Gasteiger partial charge in [-0.25, -0.2) is 0 Å². The van der Waals surface area contributed by atoms with Gasteiger partial charge in [0.05, 0.1) is 43.5 Å². The highest BCUT2D eigenvalue weighted by Crippen LogP contribution is 2.71. The van der Waals surface area contributed by atoms with Crippen molar-refractivity contribution in [3.05, 3.63) is 57.7 Å². The molecule has 308 valence electrons. The molecule has 1 amide bonds. The first-order valence-corrected chi connectivity index (χ1v) is 21.0. The number of morpholine rings is 2. The highest BCUT2D eigenvalue weighted by atomic mass is 16.6. The zero-order chi connectivity index (χ0) is 40.7. The topological polar surface area (TPSA) is 124 Å². The van der Waals surface area contributed by atoms with Crippen LogP contribution in [0.3, 0.4) is 0 Å². The van der Waals surface area contributed by atoms with Gasteiger partial charge in [-0.2, -0.15) is 0 Å². The van der Waals surface area contributed by atoms with Crippen LogP contribution in [-0.2, 0) is 30.2 Å². The predicted octanol–water partition coefficient (Wildman–Crippen LogP) is 6.40. The second-order valence-electron chi connectivity index (χ2n) is 18.5. The summed E-state index contributed by atoms with van der Waals surface area (Å²) in [5.41, 5.74) is -0.457. The van der Waals surface area contributed by atoms with Gasteiger partial charge in [0.2, 0.25) is 5.91 Å². The lowest BCUT2D eigenvalue weighted by molar-refractivity contribution is -0.216. The molecular weight excluding hydrogens is 725 g/mol. The Morgan fingerprint density at radius 2 is 1.56 bits per heavy atom. The van der Waals surface area contributed by atoms with Gasteiger partial charge in [0.15, 0.2) is 22.8 Å². The van der Waals surface area contributed by atoms with Crippen molar-refractivity contribution in [2.45, 2.75) is 116 Å². The summed E-state index contributed by atoms with van der Waals surface area (Å²) in [7, 11) is 0. The average Bonchev–Trinajstić information content (AvgIpc) is 3.32. The SMILES string of the molecule is CC(C)=CCCC1(C)C=Cc2c(O)c3c(c(CC=C(C)C)c2O1)OC12C(C3=O)C(N3CCOCC3)C3CC1C(C)(C)OC2(CC=C(C)C(=O)N1CCOCC1)C3=O. The summed E-state index contributed by atoms with van der Waals surface area (Å²) in [6.45, 7) is 20.1.